The Labute approximate surface area is 162 Å². The maximum atomic E-state index is 13.9. The number of aromatic nitrogens is 2. The lowest BCUT2D eigenvalue weighted by Gasteiger charge is -2.09. The molecule has 0 bridgehead atoms. The average molecular weight is 404 g/mol. The highest BCUT2D eigenvalue weighted by molar-refractivity contribution is 7.99. The van der Waals surface area contributed by atoms with Gasteiger partial charge in [0.05, 0.1) is 11.4 Å². The molecule has 3 rings (SSSR count). The Balaban J connectivity index is 1.80. The van der Waals surface area contributed by atoms with Gasteiger partial charge in [-0.2, -0.15) is 0 Å². The Morgan fingerprint density at radius 1 is 1.07 bits per heavy atom. The van der Waals surface area contributed by atoms with Gasteiger partial charge in [-0.05, 0) is 43.3 Å². The van der Waals surface area contributed by atoms with Crippen molar-refractivity contribution in [1.82, 2.24) is 9.97 Å². The quantitative estimate of drug-likeness (QED) is 0.382. The van der Waals surface area contributed by atoms with E-state index in [2.05, 4.69) is 9.97 Å². The second-order valence-corrected chi connectivity index (χ2v) is 7.00. The van der Waals surface area contributed by atoms with Gasteiger partial charge in [0.1, 0.15) is 17.5 Å². The minimum atomic E-state index is -0.720. The smallest absolute Gasteiger partial charge is 0.254 e. The topological polar surface area (TPSA) is 62.8 Å². The van der Waals surface area contributed by atoms with Crippen molar-refractivity contribution in [1.29, 1.82) is 0 Å². The molecule has 28 heavy (non-hydrogen) atoms. The van der Waals surface area contributed by atoms with Crippen molar-refractivity contribution < 1.29 is 18.0 Å². The van der Waals surface area contributed by atoms with Crippen molar-refractivity contribution in [2.24, 2.45) is 0 Å². The summed E-state index contributed by atoms with van der Waals surface area (Å²) in [4.78, 5) is 31.1. The Kier molecular flexibility index (Phi) is 5.99. The van der Waals surface area contributed by atoms with Gasteiger partial charge in [0.2, 0.25) is 0 Å². The summed E-state index contributed by atoms with van der Waals surface area (Å²) in [6, 6.07) is 8.65. The molecule has 2 aromatic carbocycles. The third-order valence-electron chi connectivity index (χ3n) is 4.14. The fourth-order valence-electron chi connectivity index (χ4n) is 2.52. The van der Waals surface area contributed by atoms with Gasteiger partial charge in [-0.1, -0.05) is 17.8 Å². The summed E-state index contributed by atoms with van der Waals surface area (Å²) in [5, 5.41) is 0.165. The van der Waals surface area contributed by atoms with E-state index < -0.39 is 23.0 Å². The summed E-state index contributed by atoms with van der Waals surface area (Å²) in [5.74, 6) is -2.19. The maximum absolute atomic E-state index is 13.9. The van der Waals surface area contributed by atoms with Crippen LogP contribution in [0.1, 0.15) is 27.2 Å². The van der Waals surface area contributed by atoms with E-state index >= 15 is 0 Å². The van der Waals surface area contributed by atoms with Crippen LogP contribution in [0.2, 0.25) is 0 Å². The second kappa shape index (κ2) is 8.43. The van der Waals surface area contributed by atoms with E-state index in [-0.39, 0.29) is 39.9 Å². The van der Waals surface area contributed by atoms with Crippen molar-refractivity contribution in [3.63, 3.8) is 0 Å². The van der Waals surface area contributed by atoms with Crippen molar-refractivity contribution in [2.75, 3.05) is 5.75 Å². The molecular weight excluding hydrogens is 389 g/mol. The fraction of sp³-hybridized carbons (Fsp3) is 0.150. The molecule has 0 spiro atoms. The first-order chi connectivity index (χ1) is 13.3. The maximum Gasteiger partial charge on any atom is 0.254 e. The first-order valence-electron chi connectivity index (χ1n) is 8.29. The van der Waals surface area contributed by atoms with Crippen molar-refractivity contribution >= 4 is 17.5 Å². The van der Waals surface area contributed by atoms with E-state index in [0.29, 0.717) is 5.56 Å². The summed E-state index contributed by atoms with van der Waals surface area (Å²) < 4.78 is 40.8. The van der Waals surface area contributed by atoms with Gasteiger partial charge in [-0.15, -0.1) is 0 Å². The first-order valence-corrected chi connectivity index (χ1v) is 9.28. The minimum absolute atomic E-state index is 0.0366. The van der Waals surface area contributed by atoms with Crippen LogP contribution in [0, 0.1) is 24.4 Å². The second-order valence-electron chi connectivity index (χ2n) is 6.04. The minimum Gasteiger partial charge on any atom is -0.301 e. The third-order valence-corrected chi connectivity index (χ3v) is 5.02. The van der Waals surface area contributed by atoms with E-state index in [1.165, 1.54) is 37.3 Å². The monoisotopic (exact) mass is 404 g/mol. The van der Waals surface area contributed by atoms with E-state index in [0.717, 1.165) is 23.9 Å². The number of carbonyl (C=O) groups is 1. The highest BCUT2D eigenvalue weighted by Gasteiger charge is 2.15. The van der Waals surface area contributed by atoms with Crippen molar-refractivity contribution in [3.8, 4) is 0 Å². The number of halogens is 3. The predicted octanol–water partition coefficient (Wildman–Crippen LogP) is 4.06. The van der Waals surface area contributed by atoms with Gasteiger partial charge in [0, 0.05) is 23.1 Å². The van der Waals surface area contributed by atoms with Crippen LogP contribution < -0.4 is 5.56 Å². The molecule has 1 heterocycles. The van der Waals surface area contributed by atoms with Crippen molar-refractivity contribution in [2.45, 2.75) is 18.5 Å². The SMILES string of the molecule is Cc1c(Cc2c(F)cccc2F)nc(SCC(=O)c2ccc(F)cc2)[nH]c1=O. The zero-order valence-corrected chi connectivity index (χ0v) is 15.6. The molecule has 0 atom stereocenters. The van der Waals surface area contributed by atoms with Crippen LogP contribution in [-0.4, -0.2) is 21.5 Å². The molecule has 0 amide bonds. The van der Waals surface area contributed by atoms with Gasteiger partial charge in [-0.25, -0.2) is 18.2 Å². The van der Waals surface area contributed by atoms with Crippen LogP contribution >= 0.6 is 11.8 Å². The van der Waals surface area contributed by atoms with Crippen LogP contribution in [0.25, 0.3) is 0 Å². The molecule has 1 N–H and O–H groups in total. The summed E-state index contributed by atoms with van der Waals surface area (Å²) in [6.07, 6.45) is -0.187. The number of aromatic amines is 1. The van der Waals surface area contributed by atoms with Crippen LogP contribution in [0.4, 0.5) is 13.2 Å². The number of nitrogens with zero attached hydrogens (tertiary/aromatic N) is 1. The number of nitrogens with one attached hydrogen (secondary N) is 1. The van der Waals surface area contributed by atoms with Crippen LogP contribution in [0.15, 0.2) is 52.4 Å². The summed E-state index contributed by atoms with van der Waals surface area (Å²) >= 11 is 0.986. The largest absolute Gasteiger partial charge is 0.301 e. The number of Topliss-reactive ketones (excluding diaryl/α,β-unsaturated/α-hetero) is 1. The molecule has 0 radical (unpaired) electrons. The molecule has 8 heteroatoms. The van der Waals surface area contributed by atoms with Crippen LogP contribution in [0.3, 0.4) is 0 Å². The number of H-pyrrole nitrogens is 1. The lowest BCUT2D eigenvalue weighted by molar-refractivity contribution is 0.102. The van der Waals surface area contributed by atoms with Crippen molar-refractivity contribution in [3.05, 3.63) is 92.7 Å². The van der Waals surface area contributed by atoms with Crippen LogP contribution in [0.5, 0.6) is 0 Å². The molecule has 0 aliphatic carbocycles. The Morgan fingerprint density at radius 2 is 1.71 bits per heavy atom. The summed E-state index contributed by atoms with van der Waals surface area (Å²) in [7, 11) is 0. The lowest BCUT2D eigenvalue weighted by atomic mass is 10.1. The molecule has 4 nitrogen and oxygen atoms in total. The van der Waals surface area contributed by atoms with Gasteiger partial charge in [-0.3, -0.25) is 9.59 Å². The number of thioether (sulfide) groups is 1. The average Bonchev–Trinajstić information content (AvgIpc) is 2.67. The molecule has 0 saturated heterocycles. The molecule has 1 aromatic heterocycles. The van der Waals surface area contributed by atoms with E-state index in [1.807, 2.05) is 0 Å². The third kappa shape index (κ3) is 4.51. The standard InChI is InChI=1S/C20H15F3N2O2S/c1-11-17(9-14-15(22)3-2-4-16(14)23)24-20(25-19(11)27)28-10-18(26)12-5-7-13(21)8-6-12/h2-8H,9-10H2,1H3,(H,24,25,27). The zero-order valence-electron chi connectivity index (χ0n) is 14.8. The molecule has 3 aromatic rings. The normalized spacial score (nSPS) is 10.9. The summed E-state index contributed by atoms with van der Waals surface area (Å²) in [6.45, 7) is 1.51. The lowest BCUT2D eigenvalue weighted by Crippen LogP contribution is -2.17. The van der Waals surface area contributed by atoms with Gasteiger partial charge in [0.15, 0.2) is 10.9 Å². The molecule has 0 saturated carbocycles. The Hall–Kier alpha value is -2.87. The zero-order chi connectivity index (χ0) is 20.3. The van der Waals surface area contributed by atoms with E-state index in [1.54, 1.807) is 0 Å². The number of benzene rings is 2. The Morgan fingerprint density at radius 3 is 2.36 bits per heavy atom. The Bertz CT molecular complexity index is 1060. The van der Waals surface area contributed by atoms with Crippen LogP contribution in [-0.2, 0) is 6.42 Å². The molecule has 144 valence electrons. The molecule has 0 unspecified atom stereocenters. The molecule has 0 aliphatic heterocycles. The van der Waals surface area contributed by atoms with Gasteiger partial charge in [0.25, 0.3) is 5.56 Å². The molecular formula is C20H15F3N2O2S. The number of hydrogen-bond acceptors (Lipinski definition) is 4. The van der Waals surface area contributed by atoms with Gasteiger partial charge < -0.3 is 4.98 Å². The molecule has 0 fully saturated rings. The highest BCUT2D eigenvalue weighted by Crippen LogP contribution is 2.20. The predicted molar refractivity (Wildman–Crippen MR) is 100 cm³/mol. The molecule has 0 aliphatic rings. The van der Waals surface area contributed by atoms with E-state index in [9.17, 15) is 22.8 Å². The number of carbonyl (C=O) groups excluding carboxylic acids is 1. The fourth-order valence-corrected chi connectivity index (χ4v) is 3.29. The van der Waals surface area contributed by atoms with E-state index in [4.69, 9.17) is 0 Å². The number of rotatable bonds is 6. The number of ketones is 1. The summed E-state index contributed by atoms with van der Waals surface area (Å²) in [5.41, 5.74) is 0.180. The first kappa shape index (κ1) is 19.9. The highest BCUT2D eigenvalue weighted by atomic mass is 32.2. The number of hydrogen-bond donors (Lipinski definition) is 1. The van der Waals surface area contributed by atoms with Gasteiger partial charge >= 0.3 is 0 Å².